The van der Waals surface area contributed by atoms with Crippen molar-refractivity contribution in [3.05, 3.63) is 0 Å². The number of carbonyl (C=O) groups excluding carboxylic acids is 2. The van der Waals surface area contributed by atoms with E-state index in [0.717, 1.165) is 19.3 Å². The van der Waals surface area contributed by atoms with Crippen LogP contribution in [0.1, 0.15) is 59.8 Å². The summed E-state index contributed by atoms with van der Waals surface area (Å²) in [6, 6.07) is -0.622. The van der Waals surface area contributed by atoms with Crippen LogP contribution in [0.5, 0.6) is 0 Å². The first-order valence-electron chi connectivity index (χ1n) is 7.96. The second-order valence-electron chi connectivity index (χ2n) is 7.06. The molecule has 0 radical (unpaired) electrons. The molecule has 1 fully saturated rings. The Morgan fingerprint density at radius 2 is 1.91 bits per heavy atom. The average Bonchev–Trinajstić information content (AvgIpc) is 2.43. The Labute approximate surface area is 132 Å². The van der Waals surface area contributed by atoms with Crippen molar-refractivity contribution < 1.29 is 19.5 Å². The van der Waals surface area contributed by atoms with Crippen LogP contribution in [0.15, 0.2) is 0 Å². The number of piperidine rings is 1. The highest BCUT2D eigenvalue weighted by atomic mass is 16.4. The Hall–Kier alpha value is -1.59. The third-order valence-corrected chi connectivity index (χ3v) is 4.00. The first-order valence-corrected chi connectivity index (χ1v) is 7.96. The molecule has 1 aliphatic heterocycles. The van der Waals surface area contributed by atoms with Crippen LogP contribution in [0.2, 0.25) is 0 Å². The van der Waals surface area contributed by atoms with E-state index in [1.54, 1.807) is 32.6 Å². The van der Waals surface area contributed by atoms with Gasteiger partial charge in [-0.2, -0.15) is 0 Å². The number of hydrogen-bond donors (Lipinski definition) is 2. The summed E-state index contributed by atoms with van der Waals surface area (Å²) < 4.78 is 0. The third-order valence-electron chi connectivity index (χ3n) is 4.00. The van der Waals surface area contributed by atoms with Gasteiger partial charge in [-0.15, -0.1) is 0 Å². The Balaban J connectivity index is 2.67. The van der Waals surface area contributed by atoms with Crippen LogP contribution in [0, 0.1) is 5.41 Å². The number of rotatable bonds is 5. The Bertz CT molecular complexity index is 428. The summed E-state index contributed by atoms with van der Waals surface area (Å²) in [7, 11) is 0. The molecule has 0 saturated carbocycles. The van der Waals surface area contributed by atoms with Gasteiger partial charge in [-0.05, 0) is 32.6 Å². The topological polar surface area (TPSA) is 86.7 Å². The van der Waals surface area contributed by atoms with Gasteiger partial charge < -0.3 is 15.3 Å². The molecule has 126 valence electrons. The molecule has 1 aliphatic rings. The fraction of sp³-hybridized carbons (Fsp3) is 0.812. The highest BCUT2D eigenvalue weighted by Crippen LogP contribution is 2.22. The van der Waals surface area contributed by atoms with Gasteiger partial charge in [0.15, 0.2) is 0 Å². The van der Waals surface area contributed by atoms with Crippen LogP contribution in [0.25, 0.3) is 0 Å². The van der Waals surface area contributed by atoms with Gasteiger partial charge in [0.2, 0.25) is 11.8 Å². The van der Waals surface area contributed by atoms with Gasteiger partial charge in [-0.1, -0.05) is 20.8 Å². The number of hydrogen-bond acceptors (Lipinski definition) is 3. The zero-order chi connectivity index (χ0) is 16.9. The Morgan fingerprint density at radius 1 is 1.27 bits per heavy atom. The molecule has 6 nitrogen and oxygen atoms in total. The second kappa shape index (κ2) is 7.61. The molecule has 1 rings (SSSR count). The zero-order valence-corrected chi connectivity index (χ0v) is 14.0. The molecule has 6 heteroatoms. The molecule has 2 atom stereocenters. The molecule has 0 aliphatic carbocycles. The number of carboxylic acid groups (broad SMARTS) is 1. The predicted octanol–water partition coefficient (Wildman–Crippen LogP) is 1.78. The van der Waals surface area contributed by atoms with E-state index in [1.807, 2.05) is 0 Å². The van der Waals surface area contributed by atoms with Crippen LogP contribution in [-0.4, -0.2) is 46.4 Å². The van der Waals surface area contributed by atoms with Crippen molar-refractivity contribution in [2.24, 2.45) is 5.41 Å². The number of nitrogens with zero attached hydrogens (tertiary/aromatic N) is 1. The number of likely N-dealkylation sites (tertiary alicyclic amines) is 1. The molecule has 2 N–H and O–H groups in total. The molecule has 22 heavy (non-hydrogen) atoms. The number of amides is 2. The van der Waals surface area contributed by atoms with Crippen LogP contribution in [0.3, 0.4) is 0 Å². The van der Waals surface area contributed by atoms with Crippen molar-refractivity contribution in [2.45, 2.75) is 71.9 Å². The van der Waals surface area contributed by atoms with Crippen molar-refractivity contribution in [2.75, 3.05) is 6.54 Å². The van der Waals surface area contributed by atoms with Crippen LogP contribution in [0.4, 0.5) is 0 Å². The molecule has 1 heterocycles. The second-order valence-corrected chi connectivity index (χ2v) is 7.06. The van der Waals surface area contributed by atoms with E-state index in [1.165, 1.54) is 0 Å². The predicted molar refractivity (Wildman–Crippen MR) is 83.3 cm³/mol. The molecular formula is C16H28N2O4. The summed E-state index contributed by atoms with van der Waals surface area (Å²) in [4.78, 5) is 37.1. The van der Waals surface area contributed by atoms with Crippen LogP contribution < -0.4 is 5.32 Å². The zero-order valence-electron chi connectivity index (χ0n) is 14.0. The van der Waals surface area contributed by atoms with Gasteiger partial charge in [0.1, 0.15) is 6.04 Å². The quantitative estimate of drug-likeness (QED) is 0.810. The smallest absolute Gasteiger partial charge is 0.303 e. The number of carbonyl (C=O) groups is 3. The Kier molecular flexibility index (Phi) is 6.38. The molecule has 2 amide bonds. The molecule has 0 aromatic heterocycles. The van der Waals surface area contributed by atoms with Gasteiger partial charge in [-0.3, -0.25) is 14.4 Å². The Morgan fingerprint density at radius 3 is 2.45 bits per heavy atom. The molecule has 0 aromatic carbocycles. The summed E-state index contributed by atoms with van der Waals surface area (Å²) in [6.07, 6.45) is 3.31. The number of carboxylic acids is 1. The fourth-order valence-electron chi connectivity index (χ4n) is 2.60. The van der Waals surface area contributed by atoms with Gasteiger partial charge in [0, 0.05) is 24.4 Å². The van der Waals surface area contributed by atoms with Gasteiger partial charge in [0.05, 0.1) is 0 Å². The van der Waals surface area contributed by atoms with Crippen molar-refractivity contribution in [3.63, 3.8) is 0 Å². The van der Waals surface area contributed by atoms with Crippen LogP contribution >= 0.6 is 0 Å². The van der Waals surface area contributed by atoms with E-state index in [0.29, 0.717) is 13.0 Å². The molecule has 2 unspecified atom stereocenters. The van der Waals surface area contributed by atoms with Crippen molar-refractivity contribution in [1.82, 2.24) is 10.2 Å². The highest BCUT2D eigenvalue weighted by Gasteiger charge is 2.32. The molecular weight excluding hydrogens is 284 g/mol. The molecule has 0 bridgehead atoms. The maximum Gasteiger partial charge on any atom is 0.303 e. The minimum Gasteiger partial charge on any atom is -0.481 e. The SMILES string of the molecule is CC(NC(=O)C(C)(C)C)C(=O)N1CCCCC1CCC(=O)O. The van der Waals surface area contributed by atoms with Gasteiger partial charge in [-0.25, -0.2) is 0 Å². The third kappa shape index (κ3) is 5.31. The number of aliphatic carboxylic acids is 1. The number of nitrogens with one attached hydrogen (secondary N) is 1. The van der Waals surface area contributed by atoms with E-state index in [-0.39, 0.29) is 24.3 Å². The van der Waals surface area contributed by atoms with Crippen molar-refractivity contribution in [3.8, 4) is 0 Å². The maximum atomic E-state index is 12.6. The highest BCUT2D eigenvalue weighted by molar-refractivity contribution is 5.89. The van der Waals surface area contributed by atoms with E-state index in [9.17, 15) is 14.4 Å². The van der Waals surface area contributed by atoms with E-state index in [4.69, 9.17) is 5.11 Å². The lowest BCUT2D eigenvalue weighted by Crippen LogP contribution is -2.53. The van der Waals surface area contributed by atoms with E-state index >= 15 is 0 Å². The van der Waals surface area contributed by atoms with Crippen molar-refractivity contribution in [1.29, 1.82) is 0 Å². The minimum absolute atomic E-state index is 0.0358. The average molecular weight is 312 g/mol. The fourth-order valence-corrected chi connectivity index (χ4v) is 2.60. The lowest BCUT2D eigenvalue weighted by molar-refractivity contribution is -0.142. The maximum absolute atomic E-state index is 12.6. The normalized spacial score (nSPS) is 20.4. The van der Waals surface area contributed by atoms with Gasteiger partial charge >= 0.3 is 5.97 Å². The standard InChI is InChI=1S/C16H28N2O4/c1-11(17-15(22)16(2,3)4)14(21)18-10-6-5-7-12(18)8-9-13(19)20/h11-12H,5-10H2,1-4H3,(H,17,22)(H,19,20). The summed E-state index contributed by atoms with van der Waals surface area (Å²) in [6.45, 7) is 7.73. The van der Waals surface area contributed by atoms with Crippen molar-refractivity contribution >= 4 is 17.8 Å². The summed E-state index contributed by atoms with van der Waals surface area (Å²) in [5.41, 5.74) is -0.543. The minimum atomic E-state index is -0.841. The molecule has 0 aromatic rings. The monoisotopic (exact) mass is 312 g/mol. The molecule has 1 saturated heterocycles. The molecule has 0 spiro atoms. The van der Waals surface area contributed by atoms with Crippen LogP contribution in [-0.2, 0) is 14.4 Å². The largest absolute Gasteiger partial charge is 0.481 e. The lowest BCUT2D eigenvalue weighted by atomic mass is 9.94. The van der Waals surface area contributed by atoms with Gasteiger partial charge in [0.25, 0.3) is 0 Å². The summed E-state index contributed by atoms with van der Waals surface area (Å²) in [5, 5.41) is 11.6. The van der Waals surface area contributed by atoms with E-state index in [2.05, 4.69) is 5.32 Å². The summed E-state index contributed by atoms with van der Waals surface area (Å²) in [5.74, 6) is -1.12. The first kappa shape index (κ1) is 18.5. The lowest BCUT2D eigenvalue weighted by Gasteiger charge is -2.37. The first-order chi connectivity index (χ1) is 10.1. The van der Waals surface area contributed by atoms with E-state index < -0.39 is 17.4 Å². The summed E-state index contributed by atoms with van der Waals surface area (Å²) >= 11 is 0.